The van der Waals surface area contributed by atoms with Crippen molar-refractivity contribution in [3.63, 3.8) is 0 Å². The molecule has 0 radical (unpaired) electrons. The lowest BCUT2D eigenvalue weighted by Crippen LogP contribution is -2.50. The maximum Gasteiger partial charge on any atom is 0.312 e. The zero-order valence-electron chi connectivity index (χ0n) is 26.5. The van der Waals surface area contributed by atoms with Gasteiger partial charge in [0, 0.05) is 55.6 Å². The number of nitrogens with zero attached hydrogens (tertiary/aromatic N) is 4. The van der Waals surface area contributed by atoms with E-state index < -0.39 is 16.4 Å². The predicted molar refractivity (Wildman–Crippen MR) is 183 cm³/mol. The van der Waals surface area contributed by atoms with Crippen LogP contribution >= 0.6 is 23.4 Å². The quantitative estimate of drug-likeness (QED) is 0.0471. The van der Waals surface area contributed by atoms with Gasteiger partial charge in [0.05, 0.1) is 29.4 Å². The summed E-state index contributed by atoms with van der Waals surface area (Å²) in [6.07, 6.45) is 9.66. The molecule has 48 heavy (non-hydrogen) atoms. The fraction of sp³-hybridized carbons (Fsp3) is 0.212. The number of hydrogen-bond donors (Lipinski definition) is 4. The summed E-state index contributed by atoms with van der Waals surface area (Å²) in [5.41, 5.74) is 4.83. The zero-order chi connectivity index (χ0) is 34.8. The number of thioether (sulfide) groups is 1. The largest absolute Gasteiger partial charge is 0.350 e. The van der Waals surface area contributed by atoms with Crippen LogP contribution in [0.25, 0.3) is 6.08 Å². The van der Waals surface area contributed by atoms with Crippen molar-refractivity contribution in [1.29, 1.82) is 5.26 Å². The minimum atomic E-state index is -0.604. The lowest BCUT2D eigenvalue weighted by molar-refractivity contribution is -0.849. The molecule has 1 aliphatic heterocycles. The number of aromatic nitrogens is 2. The fourth-order valence-corrected chi connectivity index (χ4v) is 5.70. The van der Waals surface area contributed by atoms with E-state index in [0.717, 1.165) is 16.2 Å². The standard InChI is InChI=1S/C33H33ClN8O5S/c1-40-18-24(16-27(40)31(45)36-13-4-12-35)38-32(46)28-17-25(19-41(28)2)39-33(47)29-15-23(20-42(29,3)37-21-43)30(44)10-7-22-5-8-26(9-6-22)48-14-11-34/h5-10,15-21H,4,11,13-14H2,1-3H3,(H3-,36,37,38,39,43,45,46,47)/p+1. The first-order chi connectivity index (χ1) is 23.0. The first-order valence-corrected chi connectivity index (χ1v) is 16.1. The van der Waals surface area contributed by atoms with E-state index in [0.29, 0.717) is 29.4 Å². The molecule has 1 atom stereocenters. The molecule has 2 aromatic heterocycles. The highest BCUT2D eigenvalue weighted by Gasteiger charge is 2.39. The van der Waals surface area contributed by atoms with Gasteiger partial charge >= 0.3 is 5.91 Å². The van der Waals surface area contributed by atoms with Crippen molar-refractivity contribution in [1.82, 2.24) is 19.9 Å². The van der Waals surface area contributed by atoms with Gasteiger partial charge in [-0.05, 0) is 35.9 Å². The van der Waals surface area contributed by atoms with E-state index >= 15 is 0 Å². The van der Waals surface area contributed by atoms with Crippen LogP contribution in [-0.2, 0) is 28.5 Å². The maximum atomic E-state index is 13.4. The van der Waals surface area contributed by atoms with Gasteiger partial charge < -0.3 is 25.1 Å². The Bertz CT molecular complexity index is 1870. The van der Waals surface area contributed by atoms with Crippen LogP contribution in [0.4, 0.5) is 11.4 Å². The highest BCUT2D eigenvalue weighted by Crippen LogP contribution is 2.27. The number of likely N-dealkylation sites (N-methyl/N-ethyl adjacent to an activating group) is 1. The van der Waals surface area contributed by atoms with Crippen LogP contribution in [0.1, 0.15) is 33.0 Å². The molecule has 248 valence electrons. The molecule has 3 aromatic rings. The maximum absolute atomic E-state index is 13.4. The number of amides is 4. The van der Waals surface area contributed by atoms with E-state index in [1.165, 1.54) is 35.1 Å². The van der Waals surface area contributed by atoms with Gasteiger partial charge in [-0.25, -0.2) is 0 Å². The van der Waals surface area contributed by atoms with Crippen molar-refractivity contribution in [2.24, 2.45) is 14.1 Å². The van der Waals surface area contributed by atoms with Crippen LogP contribution in [0.5, 0.6) is 0 Å². The molecular formula is C33H34ClN8O5S+. The Hall–Kier alpha value is -5.36. The van der Waals surface area contributed by atoms with Crippen molar-refractivity contribution in [2.75, 3.05) is 35.9 Å². The Morgan fingerprint density at radius 1 is 0.979 bits per heavy atom. The fourth-order valence-electron chi connectivity index (χ4n) is 4.82. The number of alkyl halides is 1. The summed E-state index contributed by atoms with van der Waals surface area (Å²) in [4.78, 5) is 64.6. The number of anilines is 2. The van der Waals surface area contributed by atoms with Crippen LogP contribution in [0.3, 0.4) is 0 Å². The van der Waals surface area contributed by atoms with Gasteiger partial charge in [-0.2, -0.15) is 15.3 Å². The summed E-state index contributed by atoms with van der Waals surface area (Å²) in [6, 6.07) is 12.6. The average Bonchev–Trinajstić information content (AvgIpc) is 3.73. The number of nitriles is 1. The van der Waals surface area contributed by atoms with Crippen LogP contribution in [0, 0.1) is 11.3 Å². The molecule has 0 aliphatic carbocycles. The van der Waals surface area contributed by atoms with Gasteiger partial charge in [-0.3, -0.25) is 24.0 Å². The van der Waals surface area contributed by atoms with E-state index in [2.05, 4.69) is 21.4 Å². The molecule has 4 amide bonds. The molecule has 13 nitrogen and oxygen atoms in total. The van der Waals surface area contributed by atoms with Crippen LogP contribution < -0.4 is 21.4 Å². The number of quaternary nitrogens is 1. The Labute approximate surface area is 286 Å². The number of ketones is 1. The number of hydrogen-bond acceptors (Lipinski definition) is 7. The number of rotatable bonds is 15. The molecule has 0 fully saturated rings. The SMILES string of the molecule is Cn1cc(NC(=O)c2cc(NC(=O)C3=CC(C(=O)C=Cc4ccc(SCCCl)cc4)=C[N+]3(C)NC=O)cn2C)cc1C(=O)NCCC#N. The monoisotopic (exact) mass is 689 g/mol. The van der Waals surface area contributed by atoms with Crippen molar-refractivity contribution in [3.05, 3.63) is 95.4 Å². The summed E-state index contributed by atoms with van der Waals surface area (Å²) in [6.45, 7) is 0.204. The summed E-state index contributed by atoms with van der Waals surface area (Å²) >= 11 is 7.38. The van der Waals surface area contributed by atoms with Crippen molar-refractivity contribution < 1.29 is 28.6 Å². The molecule has 1 aromatic carbocycles. The Kier molecular flexibility index (Phi) is 11.8. The normalized spacial score (nSPS) is 15.3. The molecule has 0 spiro atoms. The molecule has 15 heteroatoms. The summed E-state index contributed by atoms with van der Waals surface area (Å²) in [5, 5.41) is 16.8. The second-order valence-electron chi connectivity index (χ2n) is 10.8. The first kappa shape index (κ1) is 35.5. The lowest BCUT2D eigenvalue weighted by atomic mass is 10.1. The Morgan fingerprint density at radius 3 is 2.21 bits per heavy atom. The van der Waals surface area contributed by atoms with Gasteiger partial charge in [0.2, 0.25) is 5.70 Å². The van der Waals surface area contributed by atoms with Gasteiger partial charge in [-0.1, -0.05) is 18.2 Å². The van der Waals surface area contributed by atoms with Crippen LogP contribution in [-0.4, -0.2) is 68.9 Å². The van der Waals surface area contributed by atoms with Crippen molar-refractivity contribution in [3.8, 4) is 6.07 Å². The van der Waals surface area contributed by atoms with Gasteiger partial charge in [-0.15, -0.1) is 23.4 Å². The van der Waals surface area contributed by atoms with Gasteiger partial charge in [0.15, 0.2) is 5.78 Å². The Morgan fingerprint density at radius 2 is 1.60 bits per heavy atom. The number of allylic oxidation sites excluding steroid dienone is 3. The van der Waals surface area contributed by atoms with Crippen LogP contribution in [0.15, 0.2) is 83.3 Å². The zero-order valence-corrected chi connectivity index (χ0v) is 28.0. The average molecular weight is 690 g/mol. The highest BCUT2D eigenvalue weighted by molar-refractivity contribution is 7.99. The second-order valence-corrected chi connectivity index (χ2v) is 12.3. The molecular weight excluding hydrogens is 656 g/mol. The molecule has 1 aliphatic rings. The number of aryl methyl sites for hydroxylation is 2. The van der Waals surface area contributed by atoms with E-state index in [4.69, 9.17) is 16.9 Å². The number of halogens is 1. The van der Waals surface area contributed by atoms with E-state index in [1.807, 2.05) is 30.3 Å². The van der Waals surface area contributed by atoms with Gasteiger partial charge in [0.1, 0.15) is 24.6 Å². The number of carbonyl (C=O) groups excluding carboxylic acids is 5. The molecule has 4 N–H and O–H groups in total. The topological polar surface area (TPSA) is 167 Å². The van der Waals surface area contributed by atoms with E-state index in [-0.39, 0.29) is 41.6 Å². The first-order valence-electron chi connectivity index (χ1n) is 14.6. The molecule has 3 heterocycles. The third kappa shape index (κ3) is 8.71. The van der Waals surface area contributed by atoms with Crippen LogP contribution in [0.2, 0.25) is 0 Å². The van der Waals surface area contributed by atoms with Crippen molar-refractivity contribution >= 4 is 70.7 Å². The molecule has 1 unspecified atom stereocenters. The second kappa shape index (κ2) is 16.0. The molecule has 0 saturated heterocycles. The molecule has 0 saturated carbocycles. The summed E-state index contributed by atoms with van der Waals surface area (Å²) in [5.74, 6) is -0.498. The third-order valence-corrected chi connectivity index (χ3v) is 8.62. The predicted octanol–water partition coefficient (Wildman–Crippen LogP) is 3.70. The van der Waals surface area contributed by atoms with E-state index in [9.17, 15) is 24.0 Å². The van der Waals surface area contributed by atoms with Crippen molar-refractivity contribution in [2.45, 2.75) is 11.3 Å². The smallest absolute Gasteiger partial charge is 0.312 e. The molecule has 0 bridgehead atoms. The number of benzene rings is 1. The van der Waals surface area contributed by atoms with E-state index in [1.54, 1.807) is 55.9 Å². The Balaban J connectivity index is 1.44. The van der Waals surface area contributed by atoms with Gasteiger partial charge in [0.25, 0.3) is 18.2 Å². The lowest BCUT2D eigenvalue weighted by Gasteiger charge is -2.25. The minimum Gasteiger partial charge on any atom is -0.350 e. The summed E-state index contributed by atoms with van der Waals surface area (Å²) in [7, 11) is 4.83. The minimum absolute atomic E-state index is 0.0687. The highest BCUT2D eigenvalue weighted by atomic mass is 35.5. The third-order valence-electron chi connectivity index (χ3n) is 7.19. The molecule has 4 rings (SSSR count). The number of nitrogens with one attached hydrogen (secondary N) is 4. The number of carbonyl (C=O) groups is 5. The summed E-state index contributed by atoms with van der Waals surface area (Å²) < 4.78 is 2.61.